The van der Waals surface area contributed by atoms with Crippen molar-refractivity contribution in [2.24, 2.45) is 5.92 Å². The van der Waals surface area contributed by atoms with Gasteiger partial charge in [-0.05, 0) is 56.5 Å². The van der Waals surface area contributed by atoms with Gasteiger partial charge in [-0.2, -0.15) is 0 Å². The quantitative estimate of drug-likeness (QED) is 0.619. The van der Waals surface area contributed by atoms with E-state index in [-0.39, 0.29) is 11.8 Å². The molecule has 0 bridgehead atoms. The molecule has 126 valence electrons. The summed E-state index contributed by atoms with van der Waals surface area (Å²) in [6, 6.07) is 12.8. The van der Waals surface area contributed by atoms with Crippen molar-refractivity contribution in [3.05, 3.63) is 76.5 Å². The monoisotopic (exact) mass is 359 g/mol. The zero-order chi connectivity index (χ0) is 17.6. The lowest BCUT2D eigenvalue weighted by Gasteiger charge is -2.11. The van der Waals surface area contributed by atoms with E-state index >= 15 is 0 Å². The molecule has 0 saturated heterocycles. The predicted molar refractivity (Wildman–Crippen MR) is 105 cm³/mol. The SMILES string of the molecule is C=C(Nc1ccc(C)c(C)c1)C1C(c2cc(C)cc(C)c2)C1(Cl)Cl. The second kappa shape index (κ2) is 6.13. The Hall–Kier alpha value is -1.44. The first-order valence-electron chi connectivity index (χ1n) is 8.19. The number of alkyl halides is 2. The zero-order valence-electron chi connectivity index (χ0n) is 14.6. The molecule has 2 aromatic carbocycles. The Kier molecular flexibility index (Phi) is 4.44. The van der Waals surface area contributed by atoms with Crippen molar-refractivity contribution < 1.29 is 0 Å². The maximum Gasteiger partial charge on any atom is 0.134 e. The topological polar surface area (TPSA) is 12.0 Å². The molecule has 1 aliphatic carbocycles. The molecule has 2 unspecified atom stereocenters. The molecule has 24 heavy (non-hydrogen) atoms. The van der Waals surface area contributed by atoms with Crippen molar-refractivity contribution in [2.45, 2.75) is 37.9 Å². The molecule has 1 nitrogen and oxygen atoms in total. The fourth-order valence-electron chi connectivity index (χ4n) is 3.45. The third-order valence-corrected chi connectivity index (χ3v) is 5.78. The first kappa shape index (κ1) is 17.4. The Bertz CT molecular complexity index is 787. The molecule has 0 radical (unpaired) electrons. The van der Waals surface area contributed by atoms with E-state index in [1.165, 1.54) is 27.8 Å². The summed E-state index contributed by atoms with van der Waals surface area (Å²) in [5.74, 6) is 0.0784. The Labute approximate surface area is 154 Å². The minimum Gasteiger partial charge on any atom is -0.359 e. The maximum absolute atomic E-state index is 6.59. The Balaban J connectivity index is 1.81. The number of nitrogens with one attached hydrogen (secondary N) is 1. The van der Waals surface area contributed by atoms with Gasteiger partial charge in [-0.1, -0.05) is 42.0 Å². The van der Waals surface area contributed by atoms with Gasteiger partial charge in [0, 0.05) is 23.2 Å². The second-order valence-electron chi connectivity index (χ2n) is 7.00. The average molecular weight is 360 g/mol. The van der Waals surface area contributed by atoms with Gasteiger partial charge in [0.2, 0.25) is 0 Å². The third kappa shape index (κ3) is 3.20. The first-order chi connectivity index (χ1) is 11.2. The summed E-state index contributed by atoms with van der Waals surface area (Å²) < 4.78 is -0.802. The molecule has 1 aliphatic rings. The number of allylic oxidation sites excluding steroid dienone is 1. The van der Waals surface area contributed by atoms with E-state index in [0.717, 1.165) is 11.4 Å². The van der Waals surface area contributed by atoms with Crippen molar-refractivity contribution in [2.75, 3.05) is 5.32 Å². The van der Waals surface area contributed by atoms with Crippen molar-refractivity contribution in [3.8, 4) is 0 Å². The second-order valence-corrected chi connectivity index (χ2v) is 8.44. The lowest BCUT2D eigenvalue weighted by molar-refractivity contribution is 0.944. The summed E-state index contributed by atoms with van der Waals surface area (Å²) in [7, 11) is 0. The van der Waals surface area contributed by atoms with Gasteiger partial charge >= 0.3 is 0 Å². The van der Waals surface area contributed by atoms with Gasteiger partial charge in [0.05, 0.1) is 0 Å². The summed E-state index contributed by atoms with van der Waals surface area (Å²) >= 11 is 13.2. The fraction of sp³-hybridized carbons (Fsp3) is 0.333. The normalized spacial score (nSPS) is 21.4. The third-order valence-electron chi connectivity index (χ3n) is 4.84. The fourth-order valence-corrected chi connectivity index (χ4v) is 4.34. The number of benzene rings is 2. The van der Waals surface area contributed by atoms with Crippen molar-refractivity contribution in [1.82, 2.24) is 0 Å². The van der Waals surface area contributed by atoms with Gasteiger partial charge in [0.1, 0.15) is 4.33 Å². The Morgan fingerprint density at radius 1 is 0.958 bits per heavy atom. The van der Waals surface area contributed by atoms with Crippen LogP contribution in [0, 0.1) is 33.6 Å². The Morgan fingerprint density at radius 3 is 2.17 bits per heavy atom. The predicted octanol–water partition coefficient (Wildman–Crippen LogP) is 6.43. The lowest BCUT2D eigenvalue weighted by Crippen LogP contribution is -2.04. The Morgan fingerprint density at radius 2 is 1.58 bits per heavy atom. The number of anilines is 1. The van der Waals surface area contributed by atoms with Gasteiger partial charge in [0.15, 0.2) is 0 Å². The average Bonchev–Trinajstić information content (AvgIpc) is 3.05. The first-order valence-corrected chi connectivity index (χ1v) is 8.95. The van der Waals surface area contributed by atoms with E-state index in [1.54, 1.807) is 0 Å². The molecule has 0 heterocycles. The van der Waals surface area contributed by atoms with Gasteiger partial charge in [-0.25, -0.2) is 0 Å². The molecule has 1 N–H and O–H groups in total. The molecule has 2 aromatic rings. The van der Waals surface area contributed by atoms with E-state index < -0.39 is 4.33 Å². The van der Waals surface area contributed by atoms with Crippen LogP contribution in [0.3, 0.4) is 0 Å². The minimum atomic E-state index is -0.802. The smallest absolute Gasteiger partial charge is 0.134 e. The molecular weight excluding hydrogens is 337 g/mol. The molecule has 3 heteroatoms. The van der Waals surface area contributed by atoms with Crippen molar-refractivity contribution >= 4 is 28.9 Å². The highest BCUT2D eigenvalue weighted by Gasteiger charge is 2.65. The number of hydrogen-bond donors (Lipinski definition) is 1. The van der Waals surface area contributed by atoms with E-state index in [1.807, 2.05) is 0 Å². The molecule has 0 amide bonds. The molecule has 3 rings (SSSR count). The van der Waals surface area contributed by atoms with Crippen LogP contribution in [-0.2, 0) is 0 Å². The summed E-state index contributed by atoms with van der Waals surface area (Å²) in [5, 5.41) is 3.39. The number of halogens is 2. The highest BCUT2D eigenvalue weighted by molar-refractivity contribution is 6.52. The van der Waals surface area contributed by atoms with Gasteiger partial charge < -0.3 is 5.32 Å². The molecule has 0 aromatic heterocycles. The zero-order valence-corrected chi connectivity index (χ0v) is 16.1. The van der Waals surface area contributed by atoms with E-state index in [0.29, 0.717) is 0 Å². The van der Waals surface area contributed by atoms with Gasteiger partial charge in [-0.3, -0.25) is 0 Å². The van der Waals surface area contributed by atoms with Crippen LogP contribution >= 0.6 is 23.2 Å². The summed E-state index contributed by atoms with van der Waals surface area (Å²) in [4.78, 5) is 0. The van der Waals surface area contributed by atoms with Crippen LogP contribution in [0.4, 0.5) is 5.69 Å². The van der Waals surface area contributed by atoms with Gasteiger partial charge in [0.25, 0.3) is 0 Å². The van der Waals surface area contributed by atoms with Crippen LogP contribution in [0.15, 0.2) is 48.7 Å². The highest BCUT2D eigenvalue weighted by Crippen LogP contribution is 2.67. The van der Waals surface area contributed by atoms with Crippen LogP contribution in [0.1, 0.15) is 33.7 Å². The molecular formula is C21H23Cl2N. The van der Waals surface area contributed by atoms with Gasteiger partial charge in [-0.15, -0.1) is 23.2 Å². The standard InChI is InChI=1S/C21H23Cl2N/c1-12-8-13(2)10-17(9-12)20-19(21(20,22)23)16(5)24-18-7-6-14(3)15(4)11-18/h6-11,19-20,24H,5H2,1-4H3. The molecule has 2 atom stereocenters. The highest BCUT2D eigenvalue weighted by atomic mass is 35.5. The number of hydrogen-bond acceptors (Lipinski definition) is 1. The van der Waals surface area contributed by atoms with Crippen molar-refractivity contribution in [3.63, 3.8) is 0 Å². The van der Waals surface area contributed by atoms with Crippen LogP contribution in [0.25, 0.3) is 0 Å². The number of aryl methyl sites for hydroxylation is 4. The molecule has 0 spiro atoms. The van der Waals surface area contributed by atoms with E-state index in [4.69, 9.17) is 23.2 Å². The van der Waals surface area contributed by atoms with Crippen LogP contribution in [0.2, 0.25) is 0 Å². The largest absolute Gasteiger partial charge is 0.359 e. The van der Waals surface area contributed by atoms with Crippen molar-refractivity contribution in [1.29, 1.82) is 0 Å². The van der Waals surface area contributed by atoms with Crippen LogP contribution in [0.5, 0.6) is 0 Å². The molecule has 1 saturated carbocycles. The molecule has 1 fully saturated rings. The van der Waals surface area contributed by atoms with Crippen LogP contribution in [-0.4, -0.2) is 4.33 Å². The van der Waals surface area contributed by atoms with Crippen LogP contribution < -0.4 is 5.32 Å². The summed E-state index contributed by atoms with van der Waals surface area (Å²) in [6.45, 7) is 12.6. The summed E-state index contributed by atoms with van der Waals surface area (Å²) in [6.07, 6.45) is 0. The molecule has 0 aliphatic heterocycles. The van der Waals surface area contributed by atoms with E-state index in [9.17, 15) is 0 Å². The lowest BCUT2D eigenvalue weighted by atomic mass is 10.0. The minimum absolute atomic E-state index is 0.00337. The number of rotatable bonds is 4. The van der Waals surface area contributed by atoms with E-state index in [2.05, 4.69) is 76.0 Å². The maximum atomic E-state index is 6.59. The summed E-state index contributed by atoms with van der Waals surface area (Å²) in [5.41, 5.74) is 8.06.